The number of nitrogens with two attached hydrogens (primary N) is 1. The first-order valence-corrected chi connectivity index (χ1v) is 6.13. The van der Waals surface area contributed by atoms with Crippen LogP contribution in [-0.2, 0) is 6.18 Å². The smallest absolute Gasteiger partial charge is 0.419 e. The Kier molecular flexibility index (Phi) is 3.89. The molecule has 0 aromatic heterocycles. The first-order chi connectivity index (χ1) is 9.27. The summed E-state index contributed by atoms with van der Waals surface area (Å²) in [7, 11) is 1.87. The van der Waals surface area contributed by atoms with E-state index >= 15 is 0 Å². The van der Waals surface area contributed by atoms with Crippen LogP contribution in [0.5, 0.6) is 5.75 Å². The normalized spacial score (nSPS) is 20.1. The van der Waals surface area contributed by atoms with Crippen molar-refractivity contribution in [2.75, 3.05) is 20.1 Å². The summed E-state index contributed by atoms with van der Waals surface area (Å²) in [6.45, 7) is 1.32. The van der Waals surface area contributed by atoms with Gasteiger partial charge >= 0.3 is 6.18 Å². The van der Waals surface area contributed by atoms with E-state index in [2.05, 4.69) is 0 Å². The van der Waals surface area contributed by atoms with Crippen LogP contribution in [0, 0.1) is 0 Å². The quantitative estimate of drug-likeness (QED) is 0.924. The van der Waals surface area contributed by atoms with Crippen LogP contribution in [0.2, 0.25) is 0 Å². The van der Waals surface area contributed by atoms with Crippen molar-refractivity contribution in [2.24, 2.45) is 5.73 Å². The number of hydrogen-bond donors (Lipinski definition) is 1. The van der Waals surface area contributed by atoms with Gasteiger partial charge in [-0.1, -0.05) is 0 Å². The summed E-state index contributed by atoms with van der Waals surface area (Å²) in [5, 5.41) is 0. The van der Waals surface area contributed by atoms with Gasteiger partial charge in [-0.15, -0.1) is 0 Å². The van der Waals surface area contributed by atoms with Crippen LogP contribution in [0.1, 0.15) is 22.3 Å². The van der Waals surface area contributed by atoms with Gasteiger partial charge in [0.25, 0.3) is 0 Å². The van der Waals surface area contributed by atoms with Gasteiger partial charge in [-0.25, -0.2) is 0 Å². The lowest BCUT2D eigenvalue weighted by Gasteiger charge is -2.18. The second-order valence-electron chi connectivity index (χ2n) is 4.86. The highest BCUT2D eigenvalue weighted by atomic mass is 19.4. The summed E-state index contributed by atoms with van der Waals surface area (Å²) in [5.41, 5.74) is 4.20. The van der Waals surface area contributed by atoms with Crippen LogP contribution in [0.15, 0.2) is 18.2 Å². The Bertz CT molecular complexity index is 517. The molecule has 7 heteroatoms. The molecule has 0 saturated carbocycles. The fourth-order valence-corrected chi connectivity index (χ4v) is 2.18. The van der Waals surface area contributed by atoms with Crippen molar-refractivity contribution < 1.29 is 22.7 Å². The number of amides is 1. The zero-order valence-electron chi connectivity index (χ0n) is 10.9. The predicted octanol–water partition coefficient (Wildman–Crippen LogP) is 1.89. The second kappa shape index (κ2) is 5.32. The summed E-state index contributed by atoms with van der Waals surface area (Å²) in [4.78, 5) is 13.0. The maximum atomic E-state index is 12.9. The molecule has 110 valence electrons. The Balaban J connectivity index is 2.31. The summed E-state index contributed by atoms with van der Waals surface area (Å²) in [6, 6.07) is 2.94. The first kappa shape index (κ1) is 14.6. The van der Waals surface area contributed by atoms with E-state index in [1.807, 2.05) is 11.9 Å². The zero-order chi connectivity index (χ0) is 14.9. The number of likely N-dealkylation sites (tertiary alicyclic amines) is 1. The number of halogens is 3. The van der Waals surface area contributed by atoms with E-state index in [9.17, 15) is 18.0 Å². The zero-order valence-corrected chi connectivity index (χ0v) is 10.9. The molecule has 0 bridgehead atoms. The van der Waals surface area contributed by atoms with E-state index in [0.29, 0.717) is 13.0 Å². The Morgan fingerprint density at radius 2 is 2.15 bits per heavy atom. The molecular formula is C13H15F3N2O2. The maximum absolute atomic E-state index is 12.9. The topological polar surface area (TPSA) is 55.6 Å². The van der Waals surface area contributed by atoms with Crippen LogP contribution in [-0.4, -0.2) is 37.0 Å². The largest absolute Gasteiger partial charge is 0.488 e. The SMILES string of the molecule is CN1CCC(Oc2cc(C(N)=O)ccc2C(F)(F)F)C1. The number of nitrogens with zero attached hydrogens (tertiary/aromatic N) is 1. The minimum atomic E-state index is -4.53. The van der Waals surface area contributed by atoms with Gasteiger partial charge in [0.05, 0.1) is 5.56 Å². The van der Waals surface area contributed by atoms with Crippen molar-refractivity contribution in [1.82, 2.24) is 4.90 Å². The first-order valence-electron chi connectivity index (χ1n) is 6.13. The predicted molar refractivity (Wildman–Crippen MR) is 66.5 cm³/mol. The lowest BCUT2D eigenvalue weighted by molar-refractivity contribution is -0.139. The standard InChI is InChI=1S/C13H15F3N2O2/c1-18-5-4-9(7-18)20-11-6-8(12(17)19)2-3-10(11)13(14,15)16/h2-3,6,9H,4-5,7H2,1H3,(H2,17,19). The molecule has 1 aromatic rings. The molecule has 1 atom stereocenters. The fraction of sp³-hybridized carbons (Fsp3) is 0.462. The van der Waals surface area contributed by atoms with Crippen molar-refractivity contribution in [3.05, 3.63) is 29.3 Å². The van der Waals surface area contributed by atoms with E-state index in [1.54, 1.807) is 0 Å². The Morgan fingerprint density at radius 3 is 2.65 bits per heavy atom. The summed E-state index contributed by atoms with van der Waals surface area (Å²) in [6.07, 6.45) is -4.20. The molecule has 1 unspecified atom stereocenters. The molecule has 1 saturated heterocycles. The number of carbonyl (C=O) groups excluding carboxylic acids is 1. The summed E-state index contributed by atoms with van der Waals surface area (Å²) >= 11 is 0. The highest BCUT2D eigenvalue weighted by Crippen LogP contribution is 2.37. The highest BCUT2D eigenvalue weighted by molar-refractivity contribution is 5.93. The summed E-state index contributed by atoms with van der Waals surface area (Å²) < 4.78 is 44.2. The molecule has 0 spiro atoms. The van der Waals surface area contributed by atoms with Gasteiger partial charge in [0.15, 0.2) is 0 Å². The van der Waals surface area contributed by atoms with E-state index in [-0.39, 0.29) is 17.4 Å². The lowest BCUT2D eigenvalue weighted by Crippen LogP contribution is -2.23. The van der Waals surface area contributed by atoms with Gasteiger partial charge in [0.2, 0.25) is 5.91 Å². The van der Waals surface area contributed by atoms with Crippen LogP contribution >= 0.6 is 0 Å². The molecule has 1 aliphatic heterocycles. The van der Waals surface area contributed by atoms with Crippen molar-refractivity contribution in [2.45, 2.75) is 18.7 Å². The van der Waals surface area contributed by atoms with Crippen LogP contribution in [0.3, 0.4) is 0 Å². The van der Waals surface area contributed by atoms with Gasteiger partial charge in [-0.2, -0.15) is 13.2 Å². The van der Waals surface area contributed by atoms with E-state index < -0.39 is 17.6 Å². The van der Waals surface area contributed by atoms with Crippen LogP contribution in [0.25, 0.3) is 0 Å². The average Bonchev–Trinajstić information content (AvgIpc) is 2.73. The molecule has 1 heterocycles. The number of hydrogen-bond acceptors (Lipinski definition) is 3. The minimum Gasteiger partial charge on any atom is -0.488 e. The van der Waals surface area contributed by atoms with Gasteiger partial charge in [0, 0.05) is 18.7 Å². The number of likely N-dealkylation sites (N-methyl/N-ethyl adjacent to an activating group) is 1. The highest BCUT2D eigenvalue weighted by Gasteiger charge is 2.35. The Hall–Kier alpha value is -1.76. The number of primary amides is 1. The summed E-state index contributed by atoms with van der Waals surface area (Å²) in [5.74, 6) is -1.12. The van der Waals surface area contributed by atoms with E-state index in [4.69, 9.17) is 10.5 Å². The van der Waals surface area contributed by atoms with Crippen LogP contribution in [0.4, 0.5) is 13.2 Å². The van der Waals surface area contributed by atoms with E-state index in [0.717, 1.165) is 24.7 Å². The second-order valence-corrected chi connectivity index (χ2v) is 4.86. The fourth-order valence-electron chi connectivity index (χ4n) is 2.18. The number of benzene rings is 1. The van der Waals surface area contributed by atoms with Crippen molar-refractivity contribution in [3.63, 3.8) is 0 Å². The van der Waals surface area contributed by atoms with Gasteiger partial charge in [0.1, 0.15) is 11.9 Å². The van der Waals surface area contributed by atoms with Gasteiger partial charge in [-0.05, 0) is 31.7 Å². The Morgan fingerprint density at radius 1 is 1.45 bits per heavy atom. The van der Waals surface area contributed by atoms with Gasteiger partial charge < -0.3 is 15.4 Å². The Labute approximate surface area is 114 Å². The molecule has 0 radical (unpaired) electrons. The molecule has 20 heavy (non-hydrogen) atoms. The number of alkyl halides is 3. The molecule has 1 fully saturated rings. The number of ether oxygens (including phenoxy) is 1. The van der Waals surface area contributed by atoms with E-state index in [1.165, 1.54) is 0 Å². The number of rotatable bonds is 3. The molecule has 0 aliphatic carbocycles. The molecule has 4 nitrogen and oxygen atoms in total. The third kappa shape index (κ3) is 3.22. The molecule has 2 N–H and O–H groups in total. The third-order valence-corrected chi connectivity index (χ3v) is 3.21. The van der Waals surface area contributed by atoms with Crippen molar-refractivity contribution in [1.29, 1.82) is 0 Å². The van der Waals surface area contributed by atoms with Crippen molar-refractivity contribution >= 4 is 5.91 Å². The molecular weight excluding hydrogens is 273 g/mol. The minimum absolute atomic E-state index is 0.000600. The lowest BCUT2D eigenvalue weighted by atomic mass is 10.1. The molecule has 1 aromatic carbocycles. The van der Waals surface area contributed by atoms with Crippen LogP contribution < -0.4 is 10.5 Å². The monoisotopic (exact) mass is 288 g/mol. The third-order valence-electron chi connectivity index (χ3n) is 3.21. The van der Waals surface area contributed by atoms with Crippen molar-refractivity contribution in [3.8, 4) is 5.75 Å². The number of carbonyl (C=O) groups is 1. The molecule has 1 amide bonds. The van der Waals surface area contributed by atoms with Gasteiger partial charge in [-0.3, -0.25) is 4.79 Å². The molecule has 1 aliphatic rings. The average molecular weight is 288 g/mol. The maximum Gasteiger partial charge on any atom is 0.419 e. The molecule has 2 rings (SSSR count).